The number of carbonyl (C=O) groups excluding carboxylic acids is 1. The van der Waals surface area contributed by atoms with Crippen molar-refractivity contribution in [2.24, 2.45) is 56.7 Å². The van der Waals surface area contributed by atoms with E-state index in [1.54, 1.807) is 0 Å². The highest BCUT2D eigenvalue weighted by Gasteiger charge is 2.68. The molecule has 0 radical (unpaired) electrons. The number of rotatable bonds is 1. The monoisotopic (exact) mass is 424 g/mol. The summed E-state index contributed by atoms with van der Waals surface area (Å²) in [6.07, 6.45) is 14.2. The number of fused-ring (bicyclic) bond motifs is 7. The molecule has 1 heteroatoms. The van der Waals surface area contributed by atoms with Crippen LogP contribution in [0, 0.1) is 56.7 Å². The predicted molar refractivity (Wildman–Crippen MR) is 130 cm³/mol. The Morgan fingerprint density at radius 3 is 2.23 bits per heavy atom. The molecule has 0 N–H and O–H groups in total. The molecule has 174 valence electrons. The summed E-state index contributed by atoms with van der Waals surface area (Å²) in [4.78, 5) is 12.8. The van der Waals surface area contributed by atoms with Crippen LogP contribution < -0.4 is 0 Å². The first-order valence-corrected chi connectivity index (χ1v) is 13.6. The minimum atomic E-state index is -0.155. The third-order valence-electron chi connectivity index (χ3n) is 13.0. The molecule has 4 saturated carbocycles. The standard InChI is InChI=1S/C30H48O/c1-19(2)20-9-12-24-28(20,6)17-18-29(7)22-10-11-23-26(3,4)25(31)14-15-27(23,5)21(22)13-16-30(24,29)8/h10,19-21,23-24H,9,11-18H2,1-8H3/t20-,21-,23-,24-,27+,28-,29+,30+/m0/s1. The molecule has 31 heavy (non-hydrogen) atoms. The summed E-state index contributed by atoms with van der Waals surface area (Å²) in [6.45, 7) is 20.1. The van der Waals surface area contributed by atoms with Crippen LogP contribution in [0.3, 0.4) is 0 Å². The van der Waals surface area contributed by atoms with Crippen molar-refractivity contribution in [3.05, 3.63) is 11.6 Å². The van der Waals surface area contributed by atoms with E-state index in [0.717, 1.165) is 37.0 Å². The maximum Gasteiger partial charge on any atom is 0.138 e. The Hall–Kier alpha value is -0.590. The molecular weight excluding hydrogens is 376 g/mol. The molecule has 1 nitrogen and oxygen atoms in total. The zero-order valence-electron chi connectivity index (χ0n) is 21.7. The molecule has 5 aliphatic rings. The molecule has 0 spiro atoms. The fourth-order valence-electron chi connectivity index (χ4n) is 11.0. The molecule has 8 atom stereocenters. The van der Waals surface area contributed by atoms with Crippen molar-refractivity contribution in [2.45, 2.75) is 113 Å². The van der Waals surface area contributed by atoms with Gasteiger partial charge in [0.1, 0.15) is 5.78 Å². The van der Waals surface area contributed by atoms with Crippen molar-refractivity contribution >= 4 is 5.78 Å². The van der Waals surface area contributed by atoms with Gasteiger partial charge in [0.05, 0.1) is 0 Å². The first-order chi connectivity index (χ1) is 14.3. The normalized spacial score (nSPS) is 53.3. The molecule has 0 unspecified atom stereocenters. The van der Waals surface area contributed by atoms with E-state index < -0.39 is 0 Å². The van der Waals surface area contributed by atoms with Gasteiger partial charge >= 0.3 is 0 Å². The Morgan fingerprint density at radius 1 is 0.839 bits per heavy atom. The van der Waals surface area contributed by atoms with Crippen molar-refractivity contribution in [1.82, 2.24) is 0 Å². The summed E-state index contributed by atoms with van der Waals surface area (Å²) < 4.78 is 0. The minimum absolute atomic E-state index is 0.155. The lowest BCUT2D eigenvalue weighted by molar-refractivity contribution is -0.156. The number of hydrogen-bond donors (Lipinski definition) is 0. The van der Waals surface area contributed by atoms with Crippen LogP contribution in [0.25, 0.3) is 0 Å². The van der Waals surface area contributed by atoms with Crippen molar-refractivity contribution in [1.29, 1.82) is 0 Å². The quantitative estimate of drug-likeness (QED) is 0.387. The number of Topliss-reactive ketones (excluding diaryl/α,β-unsaturated/α-hetero) is 1. The van der Waals surface area contributed by atoms with Gasteiger partial charge in [-0.05, 0) is 103 Å². The summed E-state index contributed by atoms with van der Waals surface area (Å²) in [5.41, 5.74) is 3.32. The van der Waals surface area contributed by atoms with Crippen LogP contribution in [0.5, 0.6) is 0 Å². The lowest BCUT2D eigenvalue weighted by Gasteiger charge is -2.68. The number of allylic oxidation sites excluding steroid dienone is 2. The highest BCUT2D eigenvalue weighted by atomic mass is 16.1. The molecule has 0 aromatic carbocycles. The van der Waals surface area contributed by atoms with Crippen LogP contribution in [0.1, 0.15) is 113 Å². The summed E-state index contributed by atoms with van der Waals surface area (Å²) >= 11 is 0. The van der Waals surface area contributed by atoms with E-state index in [-0.39, 0.29) is 5.41 Å². The molecular formula is C30H48O. The van der Waals surface area contributed by atoms with Gasteiger partial charge in [-0.25, -0.2) is 0 Å². The van der Waals surface area contributed by atoms with Gasteiger partial charge in [0, 0.05) is 11.8 Å². The fourth-order valence-corrected chi connectivity index (χ4v) is 11.0. The topological polar surface area (TPSA) is 17.1 Å². The van der Waals surface area contributed by atoms with Gasteiger partial charge < -0.3 is 0 Å². The third kappa shape index (κ3) is 2.53. The zero-order valence-corrected chi connectivity index (χ0v) is 21.7. The molecule has 0 aromatic rings. The summed E-state index contributed by atoms with van der Waals surface area (Å²) in [6, 6.07) is 0. The molecule has 0 bridgehead atoms. The fraction of sp³-hybridized carbons (Fsp3) is 0.900. The van der Waals surface area contributed by atoms with Gasteiger partial charge in [-0.2, -0.15) is 0 Å². The lowest BCUT2D eigenvalue weighted by Crippen LogP contribution is -2.61. The zero-order chi connectivity index (χ0) is 22.6. The first-order valence-electron chi connectivity index (χ1n) is 13.6. The molecule has 0 heterocycles. The Balaban J connectivity index is 1.55. The van der Waals surface area contributed by atoms with Crippen LogP contribution in [-0.2, 0) is 4.79 Å². The van der Waals surface area contributed by atoms with Crippen LogP contribution in [0.2, 0.25) is 0 Å². The van der Waals surface area contributed by atoms with E-state index in [1.807, 2.05) is 5.57 Å². The molecule has 0 saturated heterocycles. The van der Waals surface area contributed by atoms with Gasteiger partial charge in [-0.1, -0.05) is 67.0 Å². The summed E-state index contributed by atoms with van der Waals surface area (Å²) in [5, 5.41) is 0. The highest BCUT2D eigenvalue weighted by Crippen LogP contribution is 2.76. The maximum absolute atomic E-state index is 12.8. The van der Waals surface area contributed by atoms with Gasteiger partial charge in [0.2, 0.25) is 0 Å². The Labute approximate surface area is 192 Å². The minimum Gasteiger partial charge on any atom is -0.299 e. The maximum atomic E-state index is 12.8. The highest BCUT2D eigenvalue weighted by molar-refractivity contribution is 5.85. The average Bonchev–Trinajstić information content (AvgIpc) is 3.05. The van der Waals surface area contributed by atoms with Crippen LogP contribution in [-0.4, -0.2) is 5.78 Å². The first kappa shape index (κ1) is 22.2. The second-order valence-corrected chi connectivity index (χ2v) is 14.4. The van der Waals surface area contributed by atoms with Gasteiger partial charge in [-0.15, -0.1) is 0 Å². The Bertz CT molecular complexity index is 818. The molecule has 0 aliphatic heterocycles. The second-order valence-electron chi connectivity index (χ2n) is 14.4. The van der Waals surface area contributed by atoms with Gasteiger partial charge in [-0.3, -0.25) is 4.79 Å². The predicted octanol–water partition coefficient (Wildman–Crippen LogP) is 8.23. The number of hydrogen-bond acceptors (Lipinski definition) is 1. The van der Waals surface area contributed by atoms with Crippen molar-refractivity contribution in [3.8, 4) is 0 Å². The smallest absolute Gasteiger partial charge is 0.138 e. The molecule has 0 amide bonds. The second kappa shape index (κ2) is 6.50. The van der Waals surface area contributed by atoms with E-state index in [2.05, 4.69) is 61.5 Å². The molecule has 0 aromatic heterocycles. The largest absolute Gasteiger partial charge is 0.299 e. The number of carbonyl (C=O) groups is 1. The van der Waals surface area contributed by atoms with E-state index in [4.69, 9.17) is 0 Å². The van der Waals surface area contributed by atoms with E-state index in [1.165, 1.54) is 38.5 Å². The van der Waals surface area contributed by atoms with Crippen molar-refractivity contribution < 1.29 is 4.79 Å². The van der Waals surface area contributed by atoms with E-state index in [0.29, 0.717) is 39.3 Å². The van der Waals surface area contributed by atoms with Crippen molar-refractivity contribution in [3.63, 3.8) is 0 Å². The summed E-state index contributed by atoms with van der Waals surface area (Å²) in [5.74, 6) is 4.33. The van der Waals surface area contributed by atoms with Gasteiger partial charge in [0.15, 0.2) is 0 Å². The molecule has 5 rings (SSSR count). The van der Waals surface area contributed by atoms with E-state index in [9.17, 15) is 4.79 Å². The summed E-state index contributed by atoms with van der Waals surface area (Å²) in [7, 11) is 0. The Morgan fingerprint density at radius 2 is 1.55 bits per heavy atom. The van der Waals surface area contributed by atoms with Crippen LogP contribution in [0.4, 0.5) is 0 Å². The third-order valence-corrected chi connectivity index (χ3v) is 13.0. The van der Waals surface area contributed by atoms with Gasteiger partial charge in [0.25, 0.3) is 0 Å². The lowest BCUT2D eigenvalue weighted by atomic mass is 9.36. The number of ketones is 1. The SMILES string of the molecule is CC(C)[C@@H]1CC[C@H]2[C@@]1(C)CC[C@]1(C)C3=CC[C@H]4C(C)(C)C(=O)CC[C@]4(C)[C@H]3CC[C@]21C. The van der Waals surface area contributed by atoms with Crippen LogP contribution >= 0.6 is 0 Å². The van der Waals surface area contributed by atoms with Crippen molar-refractivity contribution in [2.75, 3.05) is 0 Å². The van der Waals surface area contributed by atoms with E-state index >= 15 is 0 Å². The van der Waals surface area contributed by atoms with Crippen LogP contribution in [0.15, 0.2) is 11.6 Å². The molecule has 4 fully saturated rings. The molecule has 5 aliphatic carbocycles. The average molecular weight is 425 g/mol. The Kier molecular flexibility index (Phi) is 4.66.